The second-order valence-corrected chi connectivity index (χ2v) is 6.92. The van der Waals surface area contributed by atoms with E-state index in [1.54, 1.807) is 7.05 Å². The largest absolute Gasteiger partial charge is 0.366 e. The number of sulfone groups is 1. The minimum atomic E-state index is -2.85. The van der Waals surface area contributed by atoms with Gasteiger partial charge in [-0.25, -0.2) is 13.4 Å². The molecule has 0 radical (unpaired) electrons. The average molecular weight is 291 g/mol. The second kappa shape index (κ2) is 5.27. The molecule has 6 nitrogen and oxygen atoms in total. The van der Waals surface area contributed by atoms with Crippen LogP contribution >= 0.6 is 11.6 Å². The molecule has 1 fully saturated rings. The summed E-state index contributed by atoms with van der Waals surface area (Å²) in [5.74, 6) is 1.45. The highest BCUT2D eigenvalue weighted by atomic mass is 35.5. The fourth-order valence-electron chi connectivity index (χ4n) is 1.82. The van der Waals surface area contributed by atoms with Gasteiger partial charge in [0.1, 0.15) is 14.9 Å². The van der Waals surface area contributed by atoms with E-state index in [1.807, 2.05) is 0 Å². The van der Waals surface area contributed by atoms with E-state index >= 15 is 0 Å². The van der Waals surface area contributed by atoms with Gasteiger partial charge in [-0.1, -0.05) is 11.6 Å². The van der Waals surface area contributed by atoms with Crippen molar-refractivity contribution >= 4 is 33.2 Å². The van der Waals surface area contributed by atoms with Crippen LogP contribution in [0.1, 0.15) is 12.8 Å². The Hall–Kier alpha value is -1.08. The third kappa shape index (κ3) is 3.23. The molecule has 100 valence electrons. The van der Waals surface area contributed by atoms with Crippen LogP contribution in [0, 0.1) is 0 Å². The van der Waals surface area contributed by atoms with Crippen molar-refractivity contribution in [3.63, 3.8) is 0 Å². The van der Waals surface area contributed by atoms with Crippen molar-refractivity contribution < 1.29 is 8.42 Å². The Balaban J connectivity index is 2.06. The number of hydrogen-bond donors (Lipinski definition) is 2. The van der Waals surface area contributed by atoms with Gasteiger partial charge in [-0.3, -0.25) is 0 Å². The molecular formula is C10H15ClN4O2S. The molecule has 0 saturated carbocycles. The van der Waals surface area contributed by atoms with E-state index in [9.17, 15) is 8.42 Å². The molecular weight excluding hydrogens is 276 g/mol. The fourth-order valence-corrected chi connectivity index (χ4v) is 3.45. The summed E-state index contributed by atoms with van der Waals surface area (Å²) >= 11 is 5.99. The van der Waals surface area contributed by atoms with Crippen molar-refractivity contribution in [1.29, 1.82) is 0 Å². The molecule has 2 N–H and O–H groups in total. The maximum atomic E-state index is 11.3. The van der Waals surface area contributed by atoms with Crippen molar-refractivity contribution in [2.45, 2.75) is 18.9 Å². The quantitative estimate of drug-likeness (QED) is 0.869. The Kier molecular flexibility index (Phi) is 3.91. The number of rotatable bonds is 3. The van der Waals surface area contributed by atoms with E-state index in [4.69, 9.17) is 11.6 Å². The van der Waals surface area contributed by atoms with Gasteiger partial charge in [0.2, 0.25) is 5.95 Å². The van der Waals surface area contributed by atoms with Crippen molar-refractivity contribution in [3.8, 4) is 0 Å². The molecule has 0 atom stereocenters. The van der Waals surface area contributed by atoms with Gasteiger partial charge in [-0.2, -0.15) is 4.98 Å². The number of anilines is 2. The van der Waals surface area contributed by atoms with Crippen LogP contribution < -0.4 is 10.6 Å². The Morgan fingerprint density at radius 3 is 2.67 bits per heavy atom. The Bertz CT molecular complexity index is 521. The lowest BCUT2D eigenvalue weighted by Crippen LogP contribution is -2.32. The maximum Gasteiger partial charge on any atom is 0.224 e. The van der Waals surface area contributed by atoms with Gasteiger partial charge in [0, 0.05) is 13.1 Å². The first-order chi connectivity index (χ1) is 8.50. The Labute approximate surface area is 111 Å². The zero-order valence-electron chi connectivity index (χ0n) is 9.98. The molecule has 2 heterocycles. The average Bonchev–Trinajstić information content (AvgIpc) is 2.34. The summed E-state index contributed by atoms with van der Waals surface area (Å²) in [6.07, 6.45) is 2.68. The van der Waals surface area contributed by atoms with Crippen LogP contribution in [0.5, 0.6) is 0 Å². The highest BCUT2D eigenvalue weighted by molar-refractivity contribution is 7.91. The lowest BCUT2D eigenvalue weighted by Gasteiger charge is -2.23. The zero-order chi connectivity index (χ0) is 13.2. The second-order valence-electron chi connectivity index (χ2n) is 4.21. The topological polar surface area (TPSA) is 84.0 Å². The predicted molar refractivity (Wildman–Crippen MR) is 71.9 cm³/mol. The number of hydrogen-bond acceptors (Lipinski definition) is 6. The highest BCUT2D eigenvalue weighted by Crippen LogP contribution is 2.23. The minimum absolute atomic E-state index is 0.0885. The van der Waals surface area contributed by atoms with Crippen molar-refractivity contribution in [1.82, 2.24) is 9.97 Å². The van der Waals surface area contributed by atoms with Gasteiger partial charge in [0.15, 0.2) is 5.82 Å². The molecule has 1 aromatic rings. The molecule has 1 aliphatic heterocycles. The summed E-state index contributed by atoms with van der Waals surface area (Å²) in [6.45, 7) is 0. The summed E-state index contributed by atoms with van der Waals surface area (Å²) in [5.41, 5.74) is 0. The molecule has 8 heteroatoms. The Morgan fingerprint density at radius 1 is 1.39 bits per heavy atom. The lowest BCUT2D eigenvalue weighted by molar-refractivity contribution is 0.559. The molecule has 0 aromatic carbocycles. The van der Waals surface area contributed by atoms with Gasteiger partial charge in [0.25, 0.3) is 0 Å². The molecule has 0 amide bonds. The molecule has 0 aliphatic carbocycles. The third-order valence-corrected chi connectivity index (χ3v) is 4.86. The highest BCUT2D eigenvalue weighted by Gasteiger charge is 2.24. The normalized spacial score (nSPS) is 19.4. The zero-order valence-corrected chi connectivity index (χ0v) is 11.6. The standard InChI is InChI=1S/C10H15ClN4O2S/c1-12-10-13-6-8(11)9(15-10)14-7-2-4-18(16,17)5-3-7/h6-7H,2-5H2,1H3,(H2,12,13,14,15). The van der Waals surface area contributed by atoms with Crippen LogP contribution in [0.3, 0.4) is 0 Å². The summed E-state index contributed by atoms with van der Waals surface area (Å²) in [6, 6.07) is 0.0885. The number of halogens is 1. The van der Waals surface area contributed by atoms with Gasteiger partial charge < -0.3 is 10.6 Å². The summed E-state index contributed by atoms with van der Waals surface area (Å²) in [7, 11) is -1.13. The van der Waals surface area contributed by atoms with Crippen molar-refractivity contribution in [2.75, 3.05) is 29.2 Å². The first-order valence-electron chi connectivity index (χ1n) is 5.67. The summed E-state index contributed by atoms with van der Waals surface area (Å²) in [5, 5.41) is 6.44. The summed E-state index contributed by atoms with van der Waals surface area (Å²) < 4.78 is 22.7. The van der Waals surface area contributed by atoms with Crippen molar-refractivity contribution in [3.05, 3.63) is 11.2 Å². The Morgan fingerprint density at radius 2 is 2.06 bits per heavy atom. The first kappa shape index (κ1) is 13.4. The number of aromatic nitrogens is 2. The monoisotopic (exact) mass is 290 g/mol. The molecule has 0 unspecified atom stereocenters. The van der Waals surface area contributed by atoms with Gasteiger partial charge in [-0.05, 0) is 12.8 Å². The molecule has 0 bridgehead atoms. The summed E-state index contributed by atoms with van der Waals surface area (Å²) in [4.78, 5) is 8.19. The number of nitrogens with zero attached hydrogens (tertiary/aromatic N) is 2. The van der Waals surface area contributed by atoms with Gasteiger partial charge >= 0.3 is 0 Å². The fraction of sp³-hybridized carbons (Fsp3) is 0.600. The van der Waals surface area contributed by atoms with Crippen LogP contribution in [0.2, 0.25) is 5.02 Å². The van der Waals surface area contributed by atoms with E-state index < -0.39 is 9.84 Å². The van der Waals surface area contributed by atoms with E-state index in [1.165, 1.54) is 6.20 Å². The van der Waals surface area contributed by atoms with E-state index in [2.05, 4.69) is 20.6 Å². The molecule has 18 heavy (non-hydrogen) atoms. The molecule has 1 aromatic heterocycles. The molecule has 0 spiro atoms. The minimum Gasteiger partial charge on any atom is -0.366 e. The smallest absolute Gasteiger partial charge is 0.224 e. The van der Waals surface area contributed by atoms with E-state index in [0.29, 0.717) is 29.6 Å². The third-order valence-electron chi connectivity index (χ3n) is 2.86. The van der Waals surface area contributed by atoms with Crippen LogP contribution in [0.25, 0.3) is 0 Å². The molecule has 1 aliphatic rings. The van der Waals surface area contributed by atoms with Crippen LogP contribution in [-0.2, 0) is 9.84 Å². The molecule has 1 saturated heterocycles. The van der Waals surface area contributed by atoms with Gasteiger partial charge in [-0.15, -0.1) is 0 Å². The van der Waals surface area contributed by atoms with Crippen LogP contribution in [0.15, 0.2) is 6.20 Å². The lowest BCUT2D eigenvalue weighted by atomic mass is 10.1. The predicted octanol–water partition coefficient (Wildman–Crippen LogP) is 1.16. The van der Waals surface area contributed by atoms with E-state index in [0.717, 1.165) is 0 Å². The van der Waals surface area contributed by atoms with Crippen LogP contribution in [0.4, 0.5) is 11.8 Å². The van der Waals surface area contributed by atoms with Crippen molar-refractivity contribution in [2.24, 2.45) is 0 Å². The van der Waals surface area contributed by atoms with Crippen LogP contribution in [-0.4, -0.2) is 43.0 Å². The number of nitrogens with one attached hydrogen (secondary N) is 2. The maximum absolute atomic E-state index is 11.3. The van der Waals surface area contributed by atoms with Gasteiger partial charge in [0.05, 0.1) is 17.7 Å². The SMILES string of the molecule is CNc1ncc(Cl)c(NC2CCS(=O)(=O)CC2)n1. The molecule has 2 rings (SSSR count). The first-order valence-corrected chi connectivity index (χ1v) is 7.87. The van der Waals surface area contributed by atoms with E-state index in [-0.39, 0.29) is 17.5 Å².